The van der Waals surface area contributed by atoms with Crippen LogP contribution in [0.25, 0.3) is 0 Å². The summed E-state index contributed by atoms with van der Waals surface area (Å²) in [6.07, 6.45) is -2.74. The molecule has 1 N–H and O–H groups in total. The van der Waals surface area contributed by atoms with Crippen molar-refractivity contribution in [1.82, 2.24) is 0 Å². The third-order valence-corrected chi connectivity index (χ3v) is 3.16. The minimum Gasteiger partial charge on any atom is -0.493 e. The summed E-state index contributed by atoms with van der Waals surface area (Å²) < 4.78 is 44.0. The standard InChI is InChI=1S/C14H19F3O2/c1-3-10(4-2)9-19-13-6-5-11(8-18)7-12(13)14(15,16)17/h5-7,10,18H,3-4,8-9H2,1-2H3. The predicted octanol–water partition coefficient (Wildman–Crippen LogP) is 4.01. The Morgan fingerprint density at radius 2 is 1.84 bits per heavy atom. The second-order valence-corrected chi connectivity index (χ2v) is 4.48. The SMILES string of the molecule is CCC(CC)COc1ccc(CO)cc1C(F)(F)F. The molecule has 0 saturated carbocycles. The highest BCUT2D eigenvalue weighted by atomic mass is 19.4. The average Bonchev–Trinajstić information content (AvgIpc) is 2.39. The van der Waals surface area contributed by atoms with Crippen LogP contribution in [-0.2, 0) is 12.8 Å². The highest BCUT2D eigenvalue weighted by Gasteiger charge is 2.34. The van der Waals surface area contributed by atoms with Gasteiger partial charge in [-0.25, -0.2) is 0 Å². The van der Waals surface area contributed by atoms with Gasteiger partial charge in [0, 0.05) is 0 Å². The average molecular weight is 276 g/mol. The molecule has 1 rings (SSSR count). The van der Waals surface area contributed by atoms with Gasteiger partial charge in [0.25, 0.3) is 0 Å². The van der Waals surface area contributed by atoms with Crippen LogP contribution in [0.1, 0.15) is 37.8 Å². The van der Waals surface area contributed by atoms with Gasteiger partial charge in [-0.05, 0) is 23.6 Å². The van der Waals surface area contributed by atoms with Crippen molar-refractivity contribution in [2.24, 2.45) is 5.92 Å². The van der Waals surface area contributed by atoms with Crippen LogP contribution < -0.4 is 4.74 Å². The molecule has 19 heavy (non-hydrogen) atoms. The van der Waals surface area contributed by atoms with Crippen LogP contribution in [0.2, 0.25) is 0 Å². The van der Waals surface area contributed by atoms with Crippen molar-refractivity contribution < 1.29 is 23.0 Å². The zero-order valence-electron chi connectivity index (χ0n) is 11.1. The molecule has 0 unspecified atom stereocenters. The van der Waals surface area contributed by atoms with E-state index in [4.69, 9.17) is 9.84 Å². The number of hydrogen-bond acceptors (Lipinski definition) is 2. The third-order valence-electron chi connectivity index (χ3n) is 3.16. The smallest absolute Gasteiger partial charge is 0.419 e. The van der Waals surface area contributed by atoms with E-state index in [1.54, 1.807) is 0 Å². The highest BCUT2D eigenvalue weighted by Crippen LogP contribution is 2.37. The molecule has 0 saturated heterocycles. The van der Waals surface area contributed by atoms with Crippen molar-refractivity contribution in [2.75, 3.05) is 6.61 Å². The van der Waals surface area contributed by atoms with E-state index in [1.807, 2.05) is 13.8 Å². The largest absolute Gasteiger partial charge is 0.493 e. The van der Waals surface area contributed by atoms with Crippen molar-refractivity contribution >= 4 is 0 Å². The van der Waals surface area contributed by atoms with Gasteiger partial charge in [-0.15, -0.1) is 0 Å². The van der Waals surface area contributed by atoms with E-state index in [0.717, 1.165) is 18.9 Å². The maximum absolute atomic E-state index is 12.9. The first-order valence-corrected chi connectivity index (χ1v) is 6.36. The molecule has 0 aliphatic carbocycles. The molecular weight excluding hydrogens is 257 g/mol. The first kappa shape index (κ1) is 15.8. The maximum atomic E-state index is 12.9. The van der Waals surface area contributed by atoms with Gasteiger partial charge in [-0.1, -0.05) is 32.8 Å². The number of hydrogen-bond donors (Lipinski definition) is 1. The summed E-state index contributed by atoms with van der Waals surface area (Å²) in [7, 11) is 0. The van der Waals surface area contributed by atoms with Crippen LogP contribution in [-0.4, -0.2) is 11.7 Å². The van der Waals surface area contributed by atoms with Gasteiger partial charge >= 0.3 is 6.18 Å². The molecule has 0 radical (unpaired) electrons. The van der Waals surface area contributed by atoms with Gasteiger partial charge in [-0.2, -0.15) is 13.2 Å². The zero-order valence-corrected chi connectivity index (χ0v) is 11.1. The Kier molecular flexibility index (Phi) is 5.66. The van der Waals surface area contributed by atoms with Crippen molar-refractivity contribution in [3.63, 3.8) is 0 Å². The molecule has 108 valence electrons. The lowest BCUT2D eigenvalue weighted by atomic mass is 10.1. The molecule has 0 bridgehead atoms. The fourth-order valence-electron chi connectivity index (χ4n) is 1.75. The van der Waals surface area contributed by atoms with Crippen molar-refractivity contribution in [2.45, 2.75) is 39.5 Å². The summed E-state index contributed by atoms with van der Waals surface area (Å²) in [6, 6.07) is 3.65. The van der Waals surface area contributed by atoms with E-state index in [0.29, 0.717) is 0 Å². The quantitative estimate of drug-likeness (QED) is 0.850. The summed E-state index contributed by atoms with van der Waals surface area (Å²) in [5.41, 5.74) is -0.604. The Balaban J connectivity index is 2.93. The molecular formula is C14H19F3O2. The van der Waals surface area contributed by atoms with Gasteiger partial charge in [0.2, 0.25) is 0 Å². The molecule has 0 heterocycles. The van der Waals surface area contributed by atoms with E-state index >= 15 is 0 Å². The minimum absolute atomic E-state index is 0.170. The first-order valence-electron chi connectivity index (χ1n) is 6.36. The van der Waals surface area contributed by atoms with Gasteiger partial charge < -0.3 is 9.84 Å². The molecule has 1 aromatic carbocycles. The Hall–Kier alpha value is -1.23. The third kappa shape index (κ3) is 4.42. The molecule has 0 atom stereocenters. The number of aliphatic hydroxyl groups excluding tert-OH is 1. The van der Waals surface area contributed by atoms with Crippen molar-refractivity contribution in [1.29, 1.82) is 0 Å². The normalized spacial score (nSPS) is 11.9. The van der Waals surface area contributed by atoms with Crippen LogP contribution in [0.5, 0.6) is 5.75 Å². The Labute approximate surface area is 111 Å². The van der Waals surface area contributed by atoms with E-state index in [-0.39, 0.29) is 23.8 Å². The predicted molar refractivity (Wildman–Crippen MR) is 66.9 cm³/mol. The second-order valence-electron chi connectivity index (χ2n) is 4.48. The number of ether oxygens (including phenoxy) is 1. The van der Waals surface area contributed by atoms with Crippen molar-refractivity contribution in [3.05, 3.63) is 29.3 Å². The number of halogens is 3. The first-order chi connectivity index (χ1) is 8.92. The number of aliphatic hydroxyl groups is 1. The summed E-state index contributed by atoms with van der Waals surface area (Å²) in [5.74, 6) is 0.0789. The van der Waals surface area contributed by atoms with Crippen molar-refractivity contribution in [3.8, 4) is 5.75 Å². The van der Waals surface area contributed by atoms with Crippen LogP contribution in [0.3, 0.4) is 0 Å². The molecule has 0 spiro atoms. The molecule has 1 aromatic rings. The van der Waals surface area contributed by atoms with Gasteiger partial charge in [0.1, 0.15) is 5.75 Å². The molecule has 0 aromatic heterocycles. The summed E-state index contributed by atoms with van der Waals surface area (Å²) in [5, 5.41) is 8.90. The van der Waals surface area contributed by atoms with Crippen LogP contribution >= 0.6 is 0 Å². The van der Waals surface area contributed by atoms with Crippen LogP contribution in [0, 0.1) is 5.92 Å². The second kappa shape index (κ2) is 6.80. The topological polar surface area (TPSA) is 29.5 Å². The highest BCUT2D eigenvalue weighted by molar-refractivity contribution is 5.39. The molecule has 0 aliphatic rings. The minimum atomic E-state index is -4.48. The molecule has 5 heteroatoms. The van der Waals surface area contributed by atoms with E-state index in [2.05, 4.69) is 0 Å². The molecule has 0 aliphatic heterocycles. The summed E-state index contributed by atoms with van der Waals surface area (Å²) >= 11 is 0. The molecule has 0 amide bonds. The van der Waals surface area contributed by atoms with E-state index in [1.165, 1.54) is 12.1 Å². The lowest BCUT2D eigenvalue weighted by Gasteiger charge is -2.18. The Morgan fingerprint density at radius 3 is 2.32 bits per heavy atom. The summed E-state index contributed by atoms with van der Waals surface area (Å²) in [6.45, 7) is 3.82. The number of benzene rings is 1. The van der Waals surface area contributed by atoms with Gasteiger partial charge in [0.05, 0.1) is 18.8 Å². The monoisotopic (exact) mass is 276 g/mol. The van der Waals surface area contributed by atoms with Gasteiger partial charge in [-0.3, -0.25) is 0 Å². The zero-order chi connectivity index (χ0) is 14.5. The Bertz CT molecular complexity index is 398. The van der Waals surface area contributed by atoms with Crippen LogP contribution in [0.15, 0.2) is 18.2 Å². The summed E-state index contributed by atoms with van der Waals surface area (Å²) in [4.78, 5) is 0. The molecule has 2 nitrogen and oxygen atoms in total. The number of alkyl halides is 3. The maximum Gasteiger partial charge on any atom is 0.419 e. The number of rotatable bonds is 6. The van der Waals surface area contributed by atoms with Crippen LogP contribution in [0.4, 0.5) is 13.2 Å². The lowest BCUT2D eigenvalue weighted by molar-refractivity contribution is -0.139. The van der Waals surface area contributed by atoms with E-state index < -0.39 is 18.3 Å². The fraction of sp³-hybridized carbons (Fsp3) is 0.571. The lowest BCUT2D eigenvalue weighted by Crippen LogP contribution is -2.14. The van der Waals surface area contributed by atoms with E-state index in [9.17, 15) is 13.2 Å². The van der Waals surface area contributed by atoms with Gasteiger partial charge in [0.15, 0.2) is 0 Å². The molecule has 0 fully saturated rings. The fourth-order valence-corrected chi connectivity index (χ4v) is 1.75. The Morgan fingerprint density at radius 1 is 1.21 bits per heavy atom.